The summed E-state index contributed by atoms with van der Waals surface area (Å²) in [6, 6.07) is 0. The number of rotatable bonds is 2. The summed E-state index contributed by atoms with van der Waals surface area (Å²) < 4.78 is 10.1. The van der Waals surface area contributed by atoms with Crippen molar-refractivity contribution in [2.75, 3.05) is 14.2 Å². The largest absolute Gasteiger partial charge is 1.00 e. The number of hydrogen-bond donors (Lipinski definition) is 0. The molecule has 0 fully saturated rings. The minimum Gasteiger partial charge on any atom is -0.504 e. The summed E-state index contributed by atoms with van der Waals surface area (Å²) in [6.45, 7) is 0. The zero-order valence-electron chi connectivity index (χ0n) is 7.26. The van der Waals surface area contributed by atoms with Gasteiger partial charge in [0.1, 0.15) is 0 Å². The van der Waals surface area contributed by atoms with Crippen LogP contribution in [0.3, 0.4) is 0 Å². The second-order valence-electron chi connectivity index (χ2n) is 2.04. The van der Waals surface area contributed by atoms with Crippen LogP contribution in [-0.4, -0.2) is 14.2 Å². The van der Waals surface area contributed by atoms with Crippen LogP contribution >= 0.6 is 0 Å². The maximum atomic E-state index is 5.03. The van der Waals surface area contributed by atoms with Gasteiger partial charge in [-0.05, 0) is 6.42 Å². The molecule has 0 N–H and O–H groups in total. The molecule has 1 aliphatic carbocycles. The van der Waals surface area contributed by atoms with Gasteiger partial charge in [0.25, 0.3) is 0 Å². The van der Waals surface area contributed by atoms with Crippen molar-refractivity contribution in [2.45, 2.75) is 6.42 Å². The van der Waals surface area contributed by atoms with Crippen LogP contribution in [0.2, 0.25) is 0 Å². The topological polar surface area (TPSA) is 18.5 Å². The third kappa shape index (κ3) is 3.07. The maximum absolute atomic E-state index is 5.03. The molecule has 0 bridgehead atoms. The average molecular weight is 146 g/mol. The smallest absolute Gasteiger partial charge is 0.504 e. The van der Waals surface area contributed by atoms with Crippen molar-refractivity contribution < 1.29 is 28.3 Å². The third-order valence-electron chi connectivity index (χ3n) is 1.44. The number of methoxy groups -OCH3 is 2. The molecule has 11 heavy (non-hydrogen) atoms. The Hall–Kier alpha value is -0.293. The molecule has 0 aromatic heterocycles. The monoisotopic (exact) mass is 146 g/mol. The van der Waals surface area contributed by atoms with E-state index in [1.54, 1.807) is 14.2 Å². The van der Waals surface area contributed by atoms with E-state index in [0.29, 0.717) is 0 Å². The van der Waals surface area contributed by atoms with Crippen LogP contribution in [0.15, 0.2) is 24.0 Å². The molecule has 0 atom stereocenters. The molecule has 3 heteroatoms. The van der Waals surface area contributed by atoms with Crippen LogP contribution in [0.1, 0.15) is 6.42 Å². The molecule has 0 spiro atoms. The predicted molar refractivity (Wildman–Crippen MR) is 39.1 cm³/mol. The van der Waals surface area contributed by atoms with Crippen molar-refractivity contribution in [2.24, 2.45) is 0 Å². The van der Waals surface area contributed by atoms with Crippen LogP contribution in [0.25, 0.3) is 0 Å². The SMILES string of the molecule is COC1=CC=C[C-](OC)C1.[Li+]. The fourth-order valence-corrected chi connectivity index (χ4v) is 0.833. The number of hydrogen-bond acceptors (Lipinski definition) is 2. The Kier molecular flexibility index (Phi) is 5.23. The van der Waals surface area contributed by atoms with Gasteiger partial charge in [0.15, 0.2) is 0 Å². The molecule has 2 nitrogen and oxygen atoms in total. The van der Waals surface area contributed by atoms with Crippen molar-refractivity contribution >= 4 is 0 Å². The van der Waals surface area contributed by atoms with Crippen molar-refractivity contribution in [3.63, 3.8) is 0 Å². The molecule has 56 valence electrons. The molecule has 0 aliphatic heterocycles. The van der Waals surface area contributed by atoms with Gasteiger partial charge in [0, 0.05) is 7.11 Å². The van der Waals surface area contributed by atoms with Crippen LogP contribution in [0.4, 0.5) is 0 Å². The Labute approximate surface area is 79.4 Å². The second-order valence-corrected chi connectivity index (χ2v) is 2.04. The minimum atomic E-state index is 0. The molecule has 0 saturated heterocycles. The van der Waals surface area contributed by atoms with Gasteiger partial charge in [-0.3, -0.25) is 0 Å². The van der Waals surface area contributed by atoms with Gasteiger partial charge >= 0.3 is 18.9 Å². The normalized spacial score (nSPS) is 15.5. The molecular formula is C8H11LiO2. The van der Waals surface area contributed by atoms with E-state index in [9.17, 15) is 0 Å². The Bertz CT molecular complexity index is 163. The van der Waals surface area contributed by atoms with Gasteiger partial charge in [-0.15, -0.1) is 6.08 Å². The Morgan fingerprint density at radius 1 is 1.45 bits per heavy atom. The van der Waals surface area contributed by atoms with E-state index >= 15 is 0 Å². The van der Waals surface area contributed by atoms with E-state index in [4.69, 9.17) is 9.47 Å². The van der Waals surface area contributed by atoms with Crippen LogP contribution in [-0.2, 0) is 9.47 Å². The zero-order valence-corrected chi connectivity index (χ0v) is 7.26. The fraction of sp³-hybridized carbons (Fsp3) is 0.375. The predicted octanol–water partition coefficient (Wildman–Crippen LogP) is -1.34. The molecular weight excluding hydrogens is 135 g/mol. The first-order valence-electron chi connectivity index (χ1n) is 3.18. The Morgan fingerprint density at radius 2 is 2.18 bits per heavy atom. The van der Waals surface area contributed by atoms with Crippen molar-refractivity contribution in [3.8, 4) is 0 Å². The fourth-order valence-electron chi connectivity index (χ4n) is 0.833. The van der Waals surface area contributed by atoms with Crippen molar-refractivity contribution in [1.29, 1.82) is 0 Å². The summed E-state index contributed by atoms with van der Waals surface area (Å²) >= 11 is 0. The van der Waals surface area contributed by atoms with Crippen LogP contribution in [0, 0.1) is 6.10 Å². The number of allylic oxidation sites excluding steroid dienone is 2. The molecule has 0 heterocycles. The van der Waals surface area contributed by atoms with Gasteiger partial charge in [0.2, 0.25) is 0 Å². The van der Waals surface area contributed by atoms with E-state index in [0.717, 1.165) is 18.3 Å². The second kappa shape index (κ2) is 5.37. The molecule has 1 rings (SSSR count). The molecule has 0 amide bonds. The van der Waals surface area contributed by atoms with Gasteiger partial charge in [0.05, 0.1) is 12.9 Å². The summed E-state index contributed by atoms with van der Waals surface area (Å²) in [5.74, 6) is 0.944. The van der Waals surface area contributed by atoms with E-state index in [-0.39, 0.29) is 18.9 Å². The minimum absolute atomic E-state index is 0. The van der Waals surface area contributed by atoms with E-state index in [1.807, 2.05) is 18.2 Å². The molecule has 0 aromatic rings. The Balaban J connectivity index is 0.000001000. The van der Waals surface area contributed by atoms with Gasteiger partial charge in [-0.2, -0.15) is 6.08 Å². The van der Waals surface area contributed by atoms with Crippen LogP contribution < -0.4 is 18.9 Å². The first kappa shape index (κ1) is 10.7. The molecule has 0 radical (unpaired) electrons. The van der Waals surface area contributed by atoms with E-state index in [1.165, 1.54) is 0 Å². The van der Waals surface area contributed by atoms with E-state index in [2.05, 4.69) is 0 Å². The summed E-state index contributed by atoms with van der Waals surface area (Å²) in [5, 5.41) is 0. The molecule has 0 aromatic carbocycles. The van der Waals surface area contributed by atoms with Crippen LogP contribution in [0.5, 0.6) is 0 Å². The maximum Gasteiger partial charge on any atom is 1.00 e. The quantitative estimate of drug-likeness (QED) is 0.354. The molecule has 1 aliphatic rings. The third-order valence-corrected chi connectivity index (χ3v) is 1.44. The van der Waals surface area contributed by atoms with Crippen molar-refractivity contribution in [1.82, 2.24) is 0 Å². The summed E-state index contributed by atoms with van der Waals surface area (Å²) in [4.78, 5) is 0. The summed E-state index contributed by atoms with van der Waals surface area (Å²) in [5.41, 5.74) is 0. The molecule has 0 saturated carbocycles. The molecule has 0 unspecified atom stereocenters. The number of ether oxygens (including phenoxy) is 2. The first-order valence-corrected chi connectivity index (χ1v) is 3.18. The first-order chi connectivity index (χ1) is 4.86. The summed E-state index contributed by atoms with van der Waals surface area (Å²) in [7, 11) is 3.33. The summed E-state index contributed by atoms with van der Waals surface area (Å²) in [6.07, 6.45) is 7.50. The zero-order chi connectivity index (χ0) is 7.40. The van der Waals surface area contributed by atoms with Gasteiger partial charge < -0.3 is 9.47 Å². The standard InChI is InChI=1S/C8H11O2.Li/c1-9-7-4-3-5-8(6-7)10-2;/h3-5H,6H2,1-2H3;/q-1;+1. The van der Waals surface area contributed by atoms with E-state index < -0.39 is 0 Å². The Morgan fingerprint density at radius 3 is 2.73 bits per heavy atom. The van der Waals surface area contributed by atoms with Gasteiger partial charge in [-0.1, -0.05) is 6.10 Å². The van der Waals surface area contributed by atoms with Gasteiger partial charge in [-0.25, -0.2) is 6.08 Å². The van der Waals surface area contributed by atoms with Crippen molar-refractivity contribution in [3.05, 3.63) is 30.1 Å². The average Bonchev–Trinajstić information content (AvgIpc) is 2.05.